The lowest BCUT2D eigenvalue weighted by atomic mass is 10.2. The van der Waals surface area contributed by atoms with Crippen molar-refractivity contribution in [3.8, 4) is 0 Å². The Balaban J connectivity index is 3.77. The molecule has 17 heavy (non-hydrogen) atoms. The third kappa shape index (κ3) is 9.16. The van der Waals surface area contributed by atoms with Crippen LogP contribution in [-0.2, 0) is 14.3 Å². The number of hydrogen-bond acceptors (Lipinski definition) is 4. The Hall–Kier alpha value is -1.79. The SMILES string of the molecule is CCC(=O)NNC(=O)CNC(=O)OC(C)(C)C. The Morgan fingerprint density at radius 3 is 2.06 bits per heavy atom. The van der Waals surface area contributed by atoms with Gasteiger partial charge in [-0.3, -0.25) is 20.4 Å². The molecule has 0 heterocycles. The van der Waals surface area contributed by atoms with Gasteiger partial charge in [0.15, 0.2) is 0 Å². The molecule has 98 valence electrons. The summed E-state index contributed by atoms with van der Waals surface area (Å²) >= 11 is 0. The molecule has 0 aliphatic heterocycles. The maximum Gasteiger partial charge on any atom is 0.408 e. The molecular weight excluding hydrogens is 226 g/mol. The van der Waals surface area contributed by atoms with Gasteiger partial charge in [0.25, 0.3) is 5.91 Å². The van der Waals surface area contributed by atoms with E-state index in [0.717, 1.165) is 0 Å². The summed E-state index contributed by atoms with van der Waals surface area (Å²) in [7, 11) is 0. The quantitative estimate of drug-likeness (QED) is 0.613. The van der Waals surface area contributed by atoms with Crippen LogP contribution in [0.4, 0.5) is 4.79 Å². The van der Waals surface area contributed by atoms with E-state index in [2.05, 4.69) is 16.2 Å². The number of hydrogen-bond donors (Lipinski definition) is 3. The summed E-state index contributed by atoms with van der Waals surface area (Å²) in [6, 6.07) is 0. The first-order valence-corrected chi connectivity index (χ1v) is 5.29. The Morgan fingerprint density at radius 2 is 1.59 bits per heavy atom. The van der Waals surface area contributed by atoms with Crippen LogP contribution in [0.1, 0.15) is 34.1 Å². The number of carbonyl (C=O) groups excluding carboxylic acids is 3. The highest BCUT2D eigenvalue weighted by atomic mass is 16.6. The van der Waals surface area contributed by atoms with Gasteiger partial charge < -0.3 is 10.1 Å². The molecule has 0 radical (unpaired) electrons. The van der Waals surface area contributed by atoms with E-state index in [0.29, 0.717) is 0 Å². The van der Waals surface area contributed by atoms with Crippen LogP contribution in [0.3, 0.4) is 0 Å². The van der Waals surface area contributed by atoms with Crippen LogP contribution < -0.4 is 16.2 Å². The van der Waals surface area contributed by atoms with Crippen LogP contribution in [0, 0.1) is 0 Å². The fraction of sp³-hybridized carbons (Fsp3) is 0.700. The molecule has 0 saturated carbocycles. The number of alkyl carbamates (subject to hydrolysis) is 1. The molecule has 0 aromatic rings. The lowest BCUT2D eigenvalue weighted by Crippen LogP contribution is -2.46. The molecule has 0 fully saturated rings. The molecular formula is C10H19N3O4. The van der Waals surface area contributed by atoms with Crippen molar-refractivity contribution in [1.82, 2.24) is 16.2 Å². The lowest BCUT2D eigenvalue weighted by Gasteiger charge is -2.19. The zero-order valence-electron chi connectivity index (χ0n) is 10.5. The molecule has 0 bridgehead atoms. The van der Waals surface area contributed by atoms with Crippen molar-refractivity contribution in [1.29, 1.82) is 0 Å². The minimum atomic E-state index is -0.686. The smallest absolute Gasteiger partial charge is 0.408 e. The largest absolute Gasteiger partial charge is 0.444 e. The highest BCUT2D eigenvalue weighted by Crippen LogP contribution is 2.05. The normalized spacial score (nSPS) is 10.4. The molecule has 0 spiro atoms. The van der Waals surface area contributed by atoms with Gasteiger partial charge in [-0.2, -0.15) is 0 Å². The Bertz CT molecular complexity index is 296. The van der Waals surface area contributed by atoms with E-state index in [-0.39, 0.29) is 18.9 Å². The summed E-state index contributed by atoms with van der Waals surface area (Å²) in [4.78, 5) is 33.1. The molecule has 0 saturated heterocycles. The fourth-order valence-electron chi connectivity index (χ4n) is 0.739. The molecule has 0 rings (SSSR count). The standard InChI is InChI=1S/C10H19N3O4/c1-5-7(14)12-13-8(15)6-11-9(16)17-10(2,3)4/h5-6H2,1-4H3,(H,11,16)(H,12,14)(H,13,15). The summed E-state index contributed by atoms with van der Waals surface area (Å²) in [6.07, 6.45) is -0.422. The van der Waals surface area contributed by atoms with E-state index in [1.807, 2.05) is 0 Å². The Morgan fingerprint density at radius 1 is 1.06 bits per heavy atom. The molecule has 0 aromatic carbocycles. The van der Waals surface area contributed by atoms with Gasteiger partial charge in [-0.1, -0.05) is 6.92 Å². The van der Waals surface area contributed by atoms with Crippen LogP contribution in [0.5, 0.6) is 0 Å². The summed E-state index contributed by atoms with van der Waals surface area (Å²) < 4.78 is 4.92. The molecule has 0 aliphatic carbocycles. The Kier molecular flexibility index (Phi) is 6.01. The Labute approximate surface area is 100 Å². The third-order valence-corrected chi connectivity index (χ3v) is 1.45. The fourth-order valence-corrected chi connectivity index (χ4v) is 0.739. The number of nitrogens with one attached hydrogen (secondary N) is 3. The summed E-state index contributed by atoms with van der Waals surface area (Å²) in [5.74, 6) is -0.840. The second kappa shape index (κ2) is 6.72. The molecule has 0 unspecified atom stereocenters. The maximum atomic E-state index is 11.2. The first-order valence-electron chi connectivity index (χ1n) is 5.29. The second-order valence-corrected chi connectivity index (χ2v) is 4.31. The van der Waals surface area contributed by atoms with Crippen LogP contribution in [-0.4, -0.2) is 30.1 Å². The van der Waals surface area contributed by atoms with Gasteiger partial charge >= 0.3 is 6.09 Å². The van der Waals surface area contributed by atoms with Crippen molar-refractivity contribution in [2.45, 2.75) is 39.7 Å². The van der Waals surface area contributed by atoms with Crippen molar-refractivity contribution in [2.24, 2.45) is 0 Å². The summed E-state index contributed by atoms with van der Waals surface area (Å²) in [5.41, 5.74) is 3.70. The number of ether oxygens (including phenoxy) is 1. The molecule has 0 atom stereocenters. The minimum Gasteiger partial charge on any atom is -0.444 e. The van der Waals surface area contributed by atoms with Crippen LogP contribution in [0.15, 0.2) is 0 Å². The molecule has 3 N–H and O–H groups in total. The predicted octanol–water partition coefficient (Wildman–Crippen LogP) is 0.0685. The van der Waals surface area contributed by atoms with Gasteiger partial charge in [0.2, 0.25) is 5.91 Å². The molecule has 7 heteroatoms. The highest BCUT2D eigenvalue weighted by Gasteiger charge is 2.16. The van der Waals surface area contributed by atoms with E-state index in [9.17, 15) is 14.4 Å². The van der Waals surface area contributed by atoms with Crippen molar-refractivity contribution in [3.05, 3.63) is 0 Å². The molecule has 0 aliphatic rings. The van der Waals surface area contributed by atoms with Gasteiger partial charge in [0.05, 0.1) is 0 Å². The van der Waals surface area contributed by atoms with E-state index >= 15 is 0 Å². The monoisotopic (exact) mass is 245 g/mol. The van der Waals surface area contributed by atoms with E-state index in [1.54, 1.807) is 27.7 Å². The van der Waals surface area contributed by atoms with Crippen molar-refractivity contribution >= 4 is 17.9 Å². The summed E-state index contributed by atoms with van der Waals surface area (Å²) in [6.45, 7) is 6.54. The predicted molar refractivity (Wildman–Crippen MR) is 60.8 cm³/mol. The molecule has 7 nitrogen and oxygen atoms in total. The number of carbonyl (C=O) groups is 3. The van der Waals surface area contributed by atoms with Gasteiger partial charge in [-0.25, -0.2) is 4.79 Å². The highest BCUT2D eigenvalue weighted by molar-refractivity contribution is 5.85. The zero-order chi connectivity index (χ0) is 13.5. The average molecular weight is 245 g/mol. The van der Waals surface area contributed by atoms with Gasteiger partial charge in [-0.05, 0) is 20.8 Å². The maximum absolute atomic E-state index is 11.2. The van der Waals surface area contributed by atoms with Crippen molar-refractivity contribution in [3.63, 3.8) is 0 Å². The first kappa shape index (κ1) is 15.2. The van der Waals surface area contributed by atoms with Gasteiger partial charge in [0.1, 0.15) is 12.1 Å². The molecule has 0 aromatic heterocycles. The second-order valence-electron chi connectivity index (χ2n) is 4.31. The van der Waals surface area contributed by atoms with Crippen LogP contribution in [0.25, 0.3) is 0 Å². The van der Waals surface area contributed by atoms with Gasteiger partial charge in [-0.15, -0.1) is 0 Å². The van der Waals surface area contributed by atoms with E-state index in [1.165, 1.54) is 0 Å². The number of rotatable bonds is 3. The van der Waals surface area contributed by atoms with E-state index in [4.69, 9.17) is 4.74 Å². The summed E-state index contributed by atoms with van der Waals surface area (Å²) in [5, 5.41) is 2.26. The van der Waals surface area contributed by atoms with E-state index < -0.39 is 17.6 Å². The van der Waals surface area contributed by atoms with Crippen molar-refractivity contribution in [2.75, 3.05) is 6.54 Å². The lowest BCUT2D eigenvalue weighted by molar-refractivity contribution is -0.128. The minimum absolute atomic E-state index is 0.264. The topological polar surface area (TPSA) is 96.5 Å². The molecule has 3 amide bonds. The first-order chi connectivity index (χ1) is 7.74. The van der Waals surface area contributed by atoms with Crippen LogP contribution >= 0.6 is 0 Å². The number of amides is 3. The van der Waals surface area contributed by atoms with Crippen molar-refractivity contribution < 1.29 is 19.1 Å². The van der Waals surface area contributed by atoms with Gasteiger partial charge in [0, 0.05) is 6.42 Å². The zero-order valence-corrected chi connectivity index (χ0v) is 10.5. The number of hydrazine groups is 1. The third-order valence-electron chi connectivity index (χ3n) is 1.45. The van der Waals surface area contributed by atoms with Crippen LogP contribution in [0.2, 0.25) is 0 Å². The average Bonchev–Trinajstić information content (AvgIpc) is 2.20.